The third-order valence-corrected chi connectivity index (χ3v) is 3.06. The summed E-state index contributed by atoms with van der Waals surface area (Å²) in [6.07, 6.45) is 1.67. The minimum atomic E-state index is -1.39. The molecule has 0 saturated carbocycles. The third-order valence-electron chi connectivity index (χ3n) is 2.49. The number of rotatable bonds is 8. The monoisotopic (exact) mass is 347 g/mol. The van der Waals surface area contributed by atoms with Crippen LogP contribution in [0, 0.1) is 10.1 Å². The Bertz CT molecular complexity index is 505. The minimum absolute atomic E-state index is 0.159. The summed E-state index contributed by atoms with van der Waals surface area (Å²) in [4.78, 5) is 21.1. The van der Waals surface area contributed by atoms with Gasteiger partial charge in [0.1, 0.15) is 5.56 Å². The van der Waals surface area contributed by atoms with E-state index in [-0.39, 0.29) is 11.5 Å². The maximum Gasteiger partial charge on any atom is 0.342 e. The first-order chi connectivity index (χ1) is 9.51. The highest BCUT2D eigenvalue weighted by Gasteiger charge is 2.24. The Balaban J connectivity index is 3.07. The Kier molecular flexibility index (Phi) is 6.23. The number of unbranched alkanes of at least 4 members (excludes halogenated alkanes) is 1. The molecule has 0 bridgehead atoms. The summed E-state index contributed by atoms with van der Waals surface area (Å²) >= 11 is 3.29. The first-order valence-electron chi connectivity index (χ1n) is 5.79. The van der Waals surface area contributed by atoms with Crippen molar-refractivity contribution >= 4 is 27.6 Å². The van der Waals surface area contributed by atoms with E-state index >= 15 is 0 Å². The fraction of sp³-hybridized carbons (Fsp3) is 0.417. The van der Waals surface area contributed by atoms with E-state index in [0.717, 1.165) is 30.3 Å². The second-order valence-corrected chi connectivity index (χ2v) is 4.62. The number of nitro benzene ring substituents is 1. The Morgan fingerprint density at radius 3 is 2.60 bits per heavy atom. The molecule has 0 atom stereocenters. The second kappa shape index (κ2) is 7.68. The van der Waals surface area contributed by atoms with Gasteiger partial charge in [0.2, 0.25) is 0 Å². The molecule has 0 radical (unpaired) electrons. The molecule has 8 heteroatoms. The highest BCUT2D eigenvalue weighted by molar-refractivity contribution is 9.09. The molecule has 1 aromatic rings. The van der Waals surface area contributed by atoms with Gasteiger partial charge in [-0.15, -0.1) is 0 Å². The molecule has 0 aliphatic carbocycles. The molecular formula is C12H14BrNO6. The molecule has 0 saturated heterocycles. The number of carboxylic acid groups (broad SMARTS) is 1. The lowest BCUT2D eigenvalue weighted by molar-refractivity contribution is -0.385. The van der Waals surface area contributed by atoms with Crippen LogP contribution in [-0.2, 0) is 0 Å². The number of halogens is 1. The highest BCUT2D eigenvalue weighted by atomic mass is 79.9. The lowest BCUT2D eigenvalue weighted by Crippen LogP contribution is -2.06. The quantitative estimate of drug-likeness (QED) is 0.336. The first kappa shape index (κ1) is 16.2. The fourth-order valence-electron chi connectivity index (χ4n) is 1.52. The van der Waals surface area contributed by atoms with E-state index in [1.807, 2.05) is 0 Å². The molecule has 0 spiro atoms. The molecule has 0 amide bonds. The molecule has 0 aliphatic rings. The molecule has 0 heterocycles. The average Bonchev–Trinajstić information content (AvgIpc) is 2.42. The number of ether oxygens (including phenoxy) is 2. The molecule has 0 aliphatic heterocycles. The van der Waals surface area contributed by atoms with Gasteiger partial charge in [0.25, 0.3) is 5.69 Å². The smallest absolute Gasteiger partial charge is 0.342 e. The molecule has 0 aromatic heterocycles. The van der Waals surface area contributed by atoms with Crippen molar-refractivity contribution in [2.24, 2.45) is 0 Å². The number of carboxylic acids is 1. The van der Waals surface area contributed by atoms with E-state index in [4.69, 9.17) is 14.6 Å². The lowest BCUT2D eigenvalue weighted by atomic mass is 10.1. The van der Waals surface area contributed by atoms with E-state index < -0.39 is 22.1 Å². The fourth-order valence-corrected chi connectivity index (χ4v) is 1.92. The topological polar surface area (TPSA) is 98.9 Å². The summed E-state index contributed by atoms with van der Waals surface area (Å²) in [5.41, 5.74) is -0.951. The van der Waals surface area contributed by atoms with Crippen LogP contribution >= 0.6 is 15.9 Å². The van der Waals surface area contributed by atoms with Crippen LogP contribution in [0.3, 0.4) is 0 Å². The number of hydrogen-bond acceptors (Lipinski definition) is 5. The predicted molar refractivity (Wildman–Crippen MR) is 75.1 cm³/mol. The van der Waals surface area contributed by atoms with Crippen LogP contribution in [0.15, 0.2) is 12.1 Å². The molecule has 1 rings (SSSR count). The maximum absolute atomic E-state index is 11.0. The number of benzene rings is 1. The second-order valence-electron chi connectivity index (χ2n) is 3.83. The minimum Gasteiger partial charge on any atom is -0.493 e. The van der Waals surface area contributed by atoms with Crippen molar-refractivity contribution in [2.45, 2.75) is 12.8 Å². The van der Waals surface area contributed by atoms with Crippen molar-refractivity contribution in [3.05, 3.63) is 27.8 Å². The van der Waals surface area contributed by atoms with Crippen molar-refractivity contribution in [2.75, 3.05) is 19.0 Å². The van der Waals surface area contributed by atoms with Crippen LogP contribution in [0.25, 0.3) is 0 Å². The van der Waals surface area contributed by atoms with Gasteiger partial charge in [-0.3, -0.25) is 10.1 Å². The van der Waals surface area contributed by atoms with Crippen LogP contribution in [0.1, 0.15) is 23.2 Å². The molecule has 0 fully saturated rings. The van der Waals surface area contributed by atoms with Gasteiger partial charge in [0, 0.05) is 11.4 Å². The Labute approximate surface area is 123 Å². The molecule has 20 heavy (non-hydrogen) atoms. The molecule has 110 valence electrons. The standard InChI is InChI=1S/C12H14BrNO6/c1-19-10-6-8(12(15)16)9(14(17)18)7-11(10)20-5-3-2-4-13/h6-7H,2-5H2,1H3,(H,15,16). The van der Waals surface area contributed by atoms with Crippen molar-refractivity contribution in [3.8, 4) is 11.5 Å². The lowest BCUT2D eigenvalue weighted by Gasteiger charge is -2.11. The zero-order chi connectivity index (χ0) is 15.1. The predicted octanol–water partition coefficient (Wildman–Crippen LogP) is 2.86. The summed E-state index contributed by atoms with van der Waals surface area (Å²) < 4.78 is 10.4. The highest BCUT2D eigenvalue weighted by Crippen LogP contribution is 2.34. The Morgan fingerprint density at radius 2 is 2.10 bits per heavy atom. The van der Waals surface area contributed by atoms with E-state index in [2.05, 4.69) is 15.9 Å². The van der Waals surface area contributed by atoms with Gasteiger partial charge in [0.15, 0.2) is 11.5 Å². The number of methoxy groups -OCH3 is 1. The van der Waals surface area contributed by atoms with Gasteiger partial charge in [-0.2, -0.15) is 0 Å². The van der Waals surface area contributed by atoms with E-state index in [1.165, 1.54) is 7.11 Å². The summed E-state index contributed by atoms with van der Waals surface area (Å²) in [5, 5.41) is 20.7. The molecule has 7 nitrogen and oxygen atoms in total. The number of nitro groups is 1. The SMILES string of the molecule is COc1cc(C(=O)O)c([N+](=O)[O-])cc1OCCCCBr. The number of nitrogens with zero attached hydrogens (tertiary/aromatic N) is 1. The van der Waals surface area contributed by atoms with Gasteiger partial charge in [-0.1, -0.05) is 15.9 Å². The molecular weight excluding hydrogens is 334 g/mol. The van der Waals surface area contributed by atoms with Crippen LogP contribution < -0.4 is 9.47 Å². The van der Waals surface area contributed by atoms with Crippen LogP contribution in [-0.4, -0.2) is 35.0 Å². The van der Waals surface area contributed by atoms with Crippen molar-refractivity contribution < 1.29 is 24.3 Å². The van der Waals surface area contributed by atoms with E-state index in [1.54, 1.807) is 0 Å². The third kappa shape index (κ3) is 4.09. The van der Waals surface area contributed by atoms with Crippen LogP contribution in [0.4, 0.5) is 5.69 Å². The zero-order valence-corrected chi connectivity index (χ0v) is 12.4. The summed E-state index contributed by atoms with van der Waals surface area (Å²) in [5.74, 6) is -1.06. The largest absolute Gasteiger partial charge is 0.493 e. The van der Waals surface area contributed by atoms with E-state index in [9.17, 15) is 14.9 Å². The van der Waals surface area contributed by atoms with Crippen molar-refractivity contribution in [1.29, 1.82) is 0 Å². The summed E-state index contributed by atoms with van der Waals surface area (Å²) in [6, 6.07) is 2.18. The summed E-state index contributed by atoms with van der Waals surface area (Å²) in [6.45, 7) is 0.367. The van der Waals surface area contributed by atoms with Gasteiger partial charge >= 0.3 is 5.97 Å². The number of hydrogen-bond donors (Lipinski definition) is 1. The van der Waals surface area contributed by atoms with Crippen LogP contribution in [0.2, 0.25) is 0 Å². The average molecular weight is 348 g/mol. The van der Waals surface area contributed by atoms with Gasteiger partial charge < -0.3 is 14.6 Å². The maximum atomic E-state index is 11.0. The molecule has 1 N–H and O–H groups in total. The van der Waals surface area contributed by atoms with E-state index in [0.29, 0.717) is 6.61 Å². The number of carbonyl (C=O) groups is 1. The van der Waals surface area contributed by atoms with Gasteiger partial charge in [-0.25, -0.2) is 4.79 Å². The Hall–Kier alpha value is -1.83. The van der Waals surface area contributed by atoms with Crippen molar-refractivity contribution in [1.82, 2.24) is 0 Å². The number of aromatic carboxylic acids is 1. The zero-order valence-electron chi connectivity index (χ0n) is 10.8. The van der Waals surface area contributed by atoms with Crippen molar-refractivity contribution in [3.63, 3.8) is 0 Å². The normalized spacial score (nSPS) is 10.1. The van der Waals surface area contributed by atoms with Gasteiger partial charge in [-0.05, 0) is 12.8 Å². The molecule has 1 aromatic carbocycles. The van der Waals surface area contributed by atoms with Gasteiger partial charge in [0.05, 0.1) is 24.7 Å². The first-order valence-corrected chi connectivity index (χ1v) is 6.92. The summed E-state index contributed by atoms with van der Waals surface area (Å²) in [7, 11) is 1.35. The Morgan fingerprint density at radius 1 is 1.40 bits per heavy atom. The number of alkyl halides is 1. The molecule has 0 unspecified atom stereocenters. The van der Waals surface area contributed by atoms with Crippen LogP contribution in [0.5, 0.6) is 11.5 Å².